The maximum Gasteiger partial charge on any atom is 0.115 e. The normalized spacial score (nSPS) is 11.2. The molecular formula is C22H18ClN. The minimum Gasteiger partial charge on any atom is -0.368 e. The van der Waals surface area contributed by atoms with Gasteiger partial charge in [0.25, 0.3) is 0 Å². The molecule has 2 heteroatoms. The van der Waals surface area contributed by atoms with Gasteiger partial charge in [-0.1, -0.05) is 77.5 Å². The van der Waals surface area contributed by atoms with Crippen molar-refractivity contribution in [3.05, 3.63) is 101 Å². The molecule has 0 fully saturated rings. The van der Waals surface area contributed by atoms with E-state index >= 15 is 0 Å². The number of nitrogens with one attached hydrogen (secondary N) is 1. The Morgan fingerprint density at radius 1 is 0.833 bits per heavy atom. The van der Waals surface area contributed by atoms with Crippen LogP contribution in [0.2, 0.25) is 5.02 Å². The van der Waals surface area contributed by atoms with Crippen LogP contribution in [0.5, 0.6) is 0 Å². The van der Waals surface area contributed by atoms with E-state index in [2.05, 4.69) is 48.3 Å². The summed E-state index contributed by atoms with van der Waals surface area (Å²) in [6, 6.07) is 25.9. The Morgan fingerprint density at radius 3 is 2.21 bits per heavy atom. The van der Waals surface area contributed by atoms with Gasteiger partial charge in [0.05, 0.1) is 0 Å². The van der Waals surface area contributed by atoms with Crippen LogP contribution in [-0.2, 0) is 0 Å². The van der Waals surface area contributed by atoms with Crippen molar-refractivity contribution in [1.29, 1.82) is 0 Å². The van der Waals surface area contributed by atoms with Crippen molar-refractivity contribution in [1.82, 2.24) is 0 Å². The van der Waals surface area contributed by atoms with E-state index in [1.165, 1.54) is 5.56 Å². The van der Waals surface area contributed by atoms with Gasteiger partial charge in [-0.2, -0.15) is 0 Å². The van der Waals surface area contributed by atoms with Gasteiger partial charge in [0.15, 0.2) is 0 Å². The lowest BCUT2D eigenvalue weighted by atomic mass is 10.1. The first-order chi connectivity index (χ1) is 11.7. The van der Waals surface area contributed by atoms with Crippen molar-refractivity contribution in [3.63, 3.8) is 0 Å². The zero-order valence-corrected chi connectivity index (χ0v) is 14.2. The summed E-state index contributed by atoms with van der Waals surface area (Å²) in [4.78, 5) is 0. The van der Waals surface area contributed by atoms with Crippen molar-refractivity contribution in [2.75, 3.05) is 5.32 Å². The molecule has 0 heterocycles. The summed E-state index contributed by atoms with van der Waals surface area (Å²) in [7, 11) is 0. The molecule has 0 aliphatic heterocycles. The van der Waals surface area contributed by atoms with Gasteiger partial charge < -0.3 is 5.32 Å². The van der Waals surface area contributed by atoms with E-state index in [1.54, 1.807) is 0 Å². The van der Waals surface area contributed by atoms with Gasteiger partial charge in [-0.15, -0.1) is 0 Å². The van der Waals surface area contributed by atoms with Crippen molar-refractivity contribution in [2.45, 2.75) is 13.0 Å². The Bertz CT molecular complexity index is 858. The van der Waals surface area contributed by atoms with E-state index in [0.717, 1.165) is 16.8 Å². The molecule has 1 N–H and O–H groups in total. The first-order valence-corrected chi connectivity index (χ1v) is 8.24. The van der Waals surface area contributed by atoms with Gasteiger partial charge >= 0.3 is 0 Å². The zero-order chi connectivity index (χ0) is 16.8. The first kappa shape index (κ1) is 16.2. The van der Waals surface area contributed by atoms with E-state index in [1.807, 2.05) is 54.6 Å². The van der Waals surface area contributed by atoms with Gasteiger partial charge in [-0.05, 0) is 37.3 Å². The fourth-order valence-corrected chi connectivity index (χ4v) is 2.64. The third-order valence-corrected chi connectivity index (χ3v) is 4.06. The third-order valence-electron chi connectivity index (χ3n) is 3.71. The minimum atomic E-state index is -0.179. The monoisotopic (exact) mass is 331 g/mol. The Hall–Kier alpha value is -2.69. The number of halogens is 1. The fourth-order valence-electron chi connectivity index (χ4n) is 2.39. The second kappa shape index (κ2) is 7.73. The molecule has 3 rings (SSSR count). The number of aryl methyl sites for hydroxylation is 1. The average Bonchev–Trinajstić information content (AvgIpc) is 2.62. The highest BCUT2D eigenvalue weighted by Gasteiger charge is 2.11. The van der Waals surface area contributed by atoms with Crippen LogP contribution in [0.4, 0.5) is 5.69 Å². The summed E-state index contributed by atoms with van der Waals surface area (Å²) in [5, 5.41) is 4.19. The fraction of sp³-hybridized carbons (Fsp3) is 0.0909. The van der Waals surface area contributed by atoms with Crippen molar-refractivity contribution in [2.24, 2.45) is 0 Å². The molecule has 0 aliphatic carbocycles. The number of hydrogen-bond acceptors (Lipinski definition) is 1. The third kappa shape index (κ3) is 4.19. The van der Waals surface area contributed by atoms with Gasteiger partial charge in [0, 0.05) is 21.8 Å². The second-order valence-electron chi connectivity index (χ2n) is 5.60. The molecular weight excluding hydrogens is 314 g/mol. The highest BCUT2D eigenvalue weighted by atomic mass is 35.5. The Kier molecular flexibility index (Phi) is 5.21. The summed E-state index contributed by atoms with van der Waals surface area (Å²) in [6.45, 7) is 2.07. The predicted octanol–water partition coefficient (Wildman–Crippen LogP) is 5.85. The summed E-state index contributed by atoms with van der Waals surface area (Å²) in [5.74, 6) is 6.54. The Labute approximate surface area is 148 Å². The van der Waals surface area contributed by atoms with Gasteiger partial charge in [-0.25, -0.2) is 0 Å². The van der Waals surface area contributed by atoms with E-state index in [-0.39, 0.29) is 6.04 Å². The average molecular weight is 332 g/mol. The van der Waals surface area contributed by atoms with Crippen molar-refractivity contribution in [3.8, 4) is 11.8 Å². The molecule has 0 saturated heterocycles. The molecule has 0 spiro atoms. The molecule has 3 aromatic carbocycles. The van der Waals surface area contributed by atoms with Gasteiger partial charge in [0.1, 0.15) is 6.04 Å². The summed E-state index contributed by atoms with van der Waals surface area (Å²) in [5.41, 5.74) is 4.21. The maximum absolute atomic E-state index is 6.38. The minimum absolute atomic E-state index is 0.179. The number of benzene rings is 3. The van der Waals surface area contributed by atoms with E-state index in [9.17, 15) is 0 Å². The zero-order valence-electron chi connectivity index (χ0n) is 13.5. The van der Waals surface area contributed by atoms with Crippen LogP contribution in [0.25, 0.3) is 0 Å². The Morgan fingerprint density at radius 2 is 1.50 bits per heavy atom. The van der Waals surface area contributed by atoms with Crippen LogP contribution in [0.1, 0.15) is 22.7 Å². The lowest BCUT2D eigenvalue weighted by molar-refractivity contribution is 1.02. The highest BCUT2D eigenvalue weighted by molar-refractivity contribution is 6.31. The molecule has 0 aromatic heterocycles. The molecule has 0 amide bonds. The summed E-state index contributed by atoms with van der Waals surface area (Å²) < 4.78 is 0. The molecule has 0 bridgehead atoms. The van der Waals surface area contributed by atoms with Crippen molar-refractivity contribution < 1.29 is 0 Å². The van der Waals surface area contributed by atoms with Crippen LogP contribution in [0, 0.1) is 18.8 Å². The van der Waals surface area contributed by atoms with E-state index in [4.69, 9.17) is 11.6 Å². The van der Waals surface area contributed by atoms with E-state index < -0.39 is 0 Å². The topological polar surface area (TPSA) is 12.0 Å². The molecule has 24 heavy (non-hydrogen) atoms. The van der Waals surface area contributed by atoms with E-state index in [0.29, 0.717) is 5.02 Å². The highest BCUT2D eigenvalue weighted by Crippen LogP contribution is 2.26. The molecule has 1 unspecified atom stereocenters. The summed E-state index contributed by atoms with van der Waals surface area (Å²) in [6.07, 6.45) is 0. The van der Waals surface area contributed by atoms with Gasteiger partial charge in [-0.3, -0.25) is 0 Å². The molecule has 3 aromatic rings. The lowest BCUT2D eigenvalue weighted by Gasteiger charge is -2.16. The predicted molar refractivity (Wildman–Crippen MR) is 102 cm³/mol. The largest absolute Gasteiger partial charge is 0.368 e. The maximum atomic E-state index is 6.38. The molecule has 0 saturated carbocycles. The summed E-state index contributed by atoms with van der Waals surface area (Å²) >= 11 is 6.38. The molecule has 118 valence electrons. The number of hydrogen-bond donors (Lipinski definition) is 1. The van der Waals surface area contributed by atoms with Crippen LogP contribution in [0.15, 0.2) is 78.9 Å². The van der Waals surface area contributed by atoms with Crippen LogP contribution in [-0.4, -0.2) is 0 Å². The second-order valence-corrected chi connectivity index (χ2v) is 6.01. The molecule has 1 atom stereocenters. The standard InChI is InChI=1S/C22H18ClN/c1-17-11-14-19(15-12-17)24-22(20-9-5-6-10-21(20)23)16-13-18-7-3-2-4-8-18/h2-12,14-15,22,24H,1H3. The van der Waals surface area contributed by atoms with Crippen LogP contribution in [0.3, 0.4) is 0 Å². The SMILES string of the molecule is Cc1ccc(NC(C#Cc2ccccc2)c2ccccc2Cl)cc1. The van der Waals surface area contributed by atoms with Crippen LogP contribution < -0.4 is 5.32 Å². The van der Waals surface area contributed by atoms with Crippen molar-refractivity contribution >= 4 is 17.3 Å². The first-order valence-electron chi connectivity index (χ1n) is 7.86. The molecule has 0 radical (unpaired) electrons. The molecule has 0 aliphatic rings. The van der Waals surface area contributed by atoms with Gasteiger partial charge in [0.2, 0.25) is 0 Å². The molecule has 1 nitrogen and oxygen atoms in total. The van der Waals surface area contributed by atoms with Crippen LogP contribution >= 0.6 is 11.6 Å². The number of anilines is 1. The quantitative estimate of drug-likeness (QED) is 0.593. The lowest BCUT2D eigenvalue weighted by Crippen LogP contribution is -2.09. The Balaban J connectivity index is 1.93. The smallest absolute Gasteiger partial charge is 0.115 e. The number of rotatable bonds is 3.